The molecular weight excluding hydrogens is 290 g/mol. The molecule has 6 nitrogen and oxygen atoms in total. The van der Waals surface area contributed by atoms with E-state index in [1.165, 1.54) is 11.1 Å². The molecule has 1 aromatic heterocycles. The minimum absolute atomic E-state index is 0.0948. The molecule has 2 aromatic carbocycles. The third-order valence-corrected chi connectivity index (χ3v) is 4.25. The fraction of sp³-hybridized carbons (Fsp3) is 0.235. The van der Waals surface area contributed by atoms with Crippen molar-refractivity contribution in [3.8, 4) is 5.75 Å². The van der Waals surface area contributed by atoms with Crippen molar-refractivity contribution < 1.29 is 4.74 Å². The summed E-state index contributed by atoms with van der Waals surface area (Å²) in [6, 6.07) is 18.7. The number of nitrogens with one attached hydrogen (secondary N) is 1. The lowest BCUT2D eigenvalue weighted by Gasteiger charge is -2.31. The summed E-state index contributed by atoms with van der Waals surface area (Å²) < 4.78 is 7.09. The van der Waals surface area contributed by atoms with Gasteiger partial charge in [0.1, 0.15) is 5.75 Å². The first-order valence-electron chi connectivity index (χ1n) is 7.58. The number of anilines is 1. The molecule has 0 bridgehead atoms. The third-order valence-electron chi connectivity index (χ3n) is 4.25. The lowest BCUT2D eigenvalue weighted by atomic mass is 9.93. The van der Waals surface area contributed by atoms with E-state index in [0.717, 1.165) is 12.2 Å². The zero-order valence-electron chi connectivity index (χ0n) is 12.8. The van der Waals surface area contributed by atoms with Gasteiger partial charge in [-0.1, -0.05) is 47.6 Å². The minimum Gasteiger partial charge on any atom is -0.497 e. The minimum atomic E-state index is 0.0948. The van der Waals surface area contributed by atoms with Crippen molar-refractivity contribution in [2.75, 3.05) is 12.4 Å². The molecule has 0 saturated carbocycles. The predicted molar refractivity (Wildman–Crippen MR) is 86.4 cm³/mol. The third kappa shape index (κ3) is 2.52. The molecule has 1 aliphatic rings. The maximum atomic E-state index is 5.24. The first-order valence-corrected chi connectivity index (χ1v) is 7.58. The maximum Gasteiger partial charge on any atom is 0.243 e. The summed E-state index contributed by atoms with van der Waals surface area (Å²) >= 11 is 0. The van der Waals surface area contributed by atoms with E-state index >= 15 is 0 Å². The molecule has 0 fully saturated rings. The Morgan fingerprint density at radius 2 is 1.83 bits per heavy atom. The standard InChI is InChI=1S/C17H17N5O/c1-23-14-9-7-13(8-10-14)16-11-15(12-5-3-2-4-6-12)18-17-19-20-21-22(16)17/h2-10,15-16H,11H2,1H3,(H,18,19,21)/t15-,16-/m0/s1. The Hall–Kier alpha value is -2.89. The first kappa shape index (κ1) is 13.8. The fourth-order valence-electron chi connectivity index (χ4n) is 3.04. The van der Waals surface area contributed by atoms with Crippen LogP contribution in [-0.2, 0) is 0 Å². The van der Waals surface area contributed by atoms with E-state index in [4.69, 9.17) is 4.74 Å². The highest BCUT2D eigenvalue weighted by molar-refractivity contribution is 5.38. The number of fused-ring (bicyclic) bond motifs is 1. The first-order chi connectivity index (χ1) is 11.3. The van der Waals surface area contributed by atoms with Gasteiger partial charge >= 0.3 is 0 Å². The van der Waals surface area contributed by atoms with Crippen molar-refractivity contribution in [2.24, 2.45) is 0 Å². The second kappa shape index (κ2) is 5.72. The number of ether oxygens (including phenoxy) is 1. The number of aromatic nitrogens is 4. The van der Waals surface area contributed by atoms with Crippen molar-refractivity contribution in [3.05, 3.63) is 65.7 Å². The van der Waals surface area contributed by atoms with E-state index in [-0.39, 0.29) is 12.1 Å². The van der Waals surface area contributed by atoms with E-state index in [1.54, 1.807) is 7.11 Å². The Morgan fingerprint density at radius 3 is 2.57 bits per heavy atom. The highest BCUT2D eigenvalue weighted by atomic mass is 16.5. The van der Waals surface area contributed by atoms with Crippen LogP contribution < -0.4 is 10.1 Å². The second-order valence-corrected chi connectivity index (χ2v) is 5.58. The van der Waals surface area contributed by atoms with E-state index in [1.807, 2.05) is 22.9 Å². The monoisotopic (exact) mass is 307 g/mol. The van der Waals surface area contributed by atoms with Crippen molar-refractivity contribution in [2.45, 2.75) is 18.5 Å². The molecule has 1 aliphatic heterocycles. The Kier molecular flexibility index (Phi) is 3.42. The molecule has 1 N–H and O–H groups in total. The molecule has 0 unspecified atom stereocenters. The largest absolute Gasteiger partial charge is 0.497 e. The second-order valence-electron chi connectivity index (χ2n) is 5.58. The van der Waals surface area contributed by atoms with Crippen LogP contribution in [0.4, 0.5) is 5.95 Å². The van der Waals surface area contributed by atoms with Gasteiger partial charge in [0.25, 0.3) is 0 Å². The molecule has 2 atom stereocenters. The molecule has 116 valence electrons. The Morgan fingerprint density at radius 1 is 1.04 bits per heavy atom. The highest BCUT2D eigenvalue weighted by Gasteiger charge is 2.30. The van der Waals surface area contributed by atoms with Gasteiger partial charge in [-0.3, -0.25) is 0 Å². The van der Waals surface area contributed by atoms with Gasteiger partial charge in [-0.05, 0) is 40.1 Å². The fourth-order valence-corrected chi connectivity index (χ4v) is 3.04. The molecular formula is C17H17N5O. The van der Waals surface area contributed by atoms with Gasteiger partial charge in [0.2, 0.25) is 5.95 Å². The molecule has 0 saturated heterocycles. The van der Waals surface area contributed by atoms with Gasteiger partial charge in [-0.2, -0.15) is 0 Å². The Bertz CT molecular complexity index is 784. The van der Waals surface area contributed by atoms with Gasteiger partial charge in [0.05, 0.1) is 19.2 Å². The summed E-state index contributed by atoms with van der Waals surface area (Å²) in [4.78, 5) is 0. The van der Waals surface area contributed by atoms with Crippen LogP contribution in [0, 0.1) is 0 Å². The number of rotatable bonds is 3. The van der Waals surface area contributed by atoms with Gasteiger partial charge in [0, 0.05) is 0 Å². The smallest absolute Gasteiger partial charge is 0.243 e. The van der Waals surface area contributed by atoms with Crippen LogP contribution in [0.3, 0.4) is 0 Å². The van der Waals surface area contributed by atoms with Crippen molar-refractivity contribution >= 4 is 5.95 Å². The normalized spacial score (nSPS) is 19.7. The SMILES string of the molecule is COc1ccc([C@@H]2C[C@@H](c3ccccc3)Nc3nnnn32)cc1. The molecule has 2 heterocycles. The molecule has 3 aromatic rings. The molecule has 0 aliphatic carbocycles. The number of benzene rings is 2. The van der Waals surface area contributed by atoms with E-state index in [9.17, 15) is 0 Å². The zero-order chi connectivity index (χ0) is 15.6. The van der Waals surface area contributed by atoms with E-state index < -0.39 is 0 Å². The van der Waals surface area contributed by atoms with Gasteiger partial charge in [-0.25, -0.2) is 4.68 Å². The van der Waals surface area contributed by atoms with Crippen LogP contribution in [0.15, 0.2) is 54.6 Å². The highest BCUT2D eigenvalue weighted by Crippen LogP contribution is 2.37. The average molecular weight is 307 g/mol. The molecule has 0 spiro atoms. The summed E-state index contributed by atoms with van der Waals surface area (Å²) in [7, 11) is 1.67. The van der Waals surface area contributed by atoms with Crippen LogP contribution >= 0.6 is 0 Å². The lowest BCUT2D eigenvalue weighted by molar-refractivity contribution is 0.410. The molecule has 0 radical (unpaired) electrons. The van der Waals surface area contributed by atoms with Crippen LogP contribution in [0.25, 0.3) is 0 Å². The van der Waals surface area contributed by atoms with Gasteiger partial charge in [-0.15, -0.1) is 0 Å². The van der Waals surface area contributed by atoms with E-state index in [0.29, 0.717) is 5.95 Å². The molecule has 23 heavy (non-hydrogen) atoms. The molecule has 4 rings (SSSR count). The van der Waals surface area contributed by atoms with Crippen LogP contribution in [0.1, 0.15) is 29.6 Å². The predicted octanol–water partition coefficient (Wildman–Crippen LogP) is 2.83. The number of tetrazole rings is 1. The zero-order valence-corrected chi connectivity index (χ0v) is 12.8. The Labute approximate surface area is 134 Å². The summed E-state index contributed by atoms with van der Waals surface area (Å²) in [6.45, 7) is 0. The Balaban J connectivity index is 1.70. The maximum absolute atomic E-state index is 5.24. The molecule has 0 amide bonds. The van der Waals surface area contributed by atoms with Crippen LogP contribution in [-0.4, -0.2) is 27.3 Å². The molecule has 6 heteroatoms. The number of hydrogen-bond acceptors (Lipinski definition) is 5. The average Bonchev–Trinajstić information content (AvgIpc) is 3.10. The summed E-state index contributed by atoms with van der Waals surface area (Å²) in [5, 5.41) is 15.5. The summed E-state index contributed by atoms with van der Waals surface area (Å²) in [5.41, 5.74) is 2.40. The van der Waals surface area contributed by atoms with Crippen LogP contribution in [0.2, 0.25) is 0 Å². The summed E-state index contributed by atoms with van der Waals surface area (Å²) in [6.07, 6.45) is 0.883. The lowest BCUT2D eigenvalue weighted by Crippen LogP contribution is -2.28. The summed E-state index contributed by atoms with van der Waals surface area (Å²) in [5.74, 6) is 1.55. The van der Waals surface area contributed by atoms with Crippen molar-refractivity contribution in [1.82, 2.24) is 20.2 Å². The number of methoxy groups -OCH3 is 1. The van der Waals surface area contributed by atoms with Gasteiger partial charge in [0.15, 0.2) is 0 Å². The van der Waals surface area contributed by atoms with Crippen molar-refractivity contribution in [1.29, 1.82) is 0 Å². The van der Waals surface area contributed by atoms with Crippen molar-refractivity contribution in [3.63, 3.8) is 0 Å². The number of hydrogen-bond donors (Lipinski definition) is 1. The quantitative estimate of drug-likeness (QED) is 0.806. The van der Waals surface area contributed by atoms with Crippen LogP contribution in [0.5, 0.6) is 5.75 Å². The van der Waals surface area contributed by atoms with E-state index in [2.05, 4.69) is 57.2 Å². The number of nitrogens with zero attached hydrogens (tertiary/aromatic N) is 4. The topological polar surface area (TPSA) is 64.9 Å². The van der Waals surface area contributed by atoms with Gasteiger partial charge < -0.3 is 10.1 Å².